The lowest BCUT2D eigenvalue weighted by molar-refractivity contribution is -0.384. The van der Waals surface area contributed by atoms with E-state index in [0.29, 0.717) is 43.2 Å². The van der Waals surface area contributed by atoms with Crippen LogP contribution in [-0.4, -0.2) is 39.0 Å². The van der Waals surface area contributed by atoms with Crippen molar-refractivity contribution in [3.8, 4) is 22.7 Å². The van der Waals surface area contributed by atoms with Crippen LogP contribution in [0.15, 0.2) is 106 Å². The van der Waals surface area contributed by atoms with E-state index < -0.39 is 16.9 Å². The predicted molar refractivity (Wildman–Crippen MR) is 169 cm³/mol. The predicted octanol–water partition coefficient (Wildman–Crippen LogP) is 4.57. The second-order valence-electron chi connectivity index (χ2n) is 10.1. The van der Waals surface area contributed by atoms with Crippen molar-refractivity contribution in [3.05, 3.63) is 137 Å². The van der Waals surface area contributed by atoms with Gasteiger partial charge in [0, 0.05) is 29.5 Å². The van der Waals surface area contributed by atoms with Gasteiger partial charge >= 0.3 is 5.97 Å². The highest BCUT2D eigenvalue weighted by Gasteiger charge is 2.33. The summed E-state index contributed by atoms with van der Waals surface area (Å²) in [5.74, 6) is 0.0830. The molecule has 0 bridgehead atoms. The van der Waals surface area contributed by atoms with Crippen LogP contribution in [0.2, 0.25) is 0 Å². The van der Waals surface area contributed by atoms with Gasteiger partial charge in [-0.3, -0.25) is 19.5 Å². The van der Waals surface area contributed by atoms with Crippen molar-refractivity contribution in [1.82, 2.24) is 14.3 Å². The molecular weight excluding hydrogens is 594 g/mol. The molecular formula is C33H27N5O6S. The lowest BCUT2D eigenvalue weighted by atomic mass is 9.96. The molecule has 0 aliphatic carbocycles. The molecule has 5 aromatic rings. The highest BCUT2D eigenvalue weighted by Crippen LogP contribution is 2.32. The van der Waals surface area contributed by atoms with Crippen LogP contribution < -0.4 is 19.6 Å². The molecule has 45 heavy (non-hydrogen) atoms. The number of nitro groups is 1. The molecule has 1 unspecified atom stereocenters. The Hall–Kier alpha value is -5.62. The van der Waals surface area contributed by atoms with Crippen LogP contribution in [0, 0.1) is 10.1 Å². The number of aromatic nitrogens is 3. The number of benzene rings is 3. The number of esters is 1. The Labute approximate surface area is 260 Å². The molecule has 11 nitrogen and oxygen atoms in total. The number of nitrogens with zero attached hydrogens (tertiary/aromatic N) is 5. The van der Waals surface area contributed by atoms with Gasteiger partial charge in [0.05, 0.1) is 46.2 Å². The number of hydrogen-bond donors (Lipinski definition) is 0. The number of para-hydroxylation sites is 1. The number of carbonyl (C=O) groups is 1. The van der Waals surface area contributed by atoms with E-state index in [2.05, 4.69) is 4.99 Å². The van der Waals surface area contributed by atoms with Crippen molar-refractivity contribution < 1.29 is 19.2 Å². The number of non-ortho nitro benzene ring substituents is 1. The van der Waals surface area contributed by atoms with E-state index in [0.717, 1.165) is 5.69 Å². The Kier molecular flexibility index (Phi) is 7.97. The molecule has 0 saturated carbocycles. The maximum atomic E-state index is 14.2. The van der Waals surface area contributed by atoms with Gasteiger partial charge in [0.1, 0.15) is 11.4 Å². The van der Waals surface area contributed by atoms with E-state index in [1.54, 1.807) is 62.2 Å². The van der Waals surface area contributed by atoms with Crippen LogP contribution in [0.25, 0.3) is 23.0 Å². The molecule has 1 atom stereocenters. The summed E-state index contributed by atoms with van der Waals surface area (Å²) in [6.07, 6.45) is 3.48. The Morgan fingerprint density at radius 2 is 1.84 bits per heavy atom. The van der Waals surface area contributed by atoms with Gasteiger partial charge < -0.3 is 9.47 Å². The molecule has 0 radical (unpaired) electrons. The topological polar surface area (TPSA) is 131 Å². The first kappa shape index (κ1) is 29.5. The number of carbonyl (C=O) groups excluding carboxylic acids is 1. The molecule has 226 valence electrons. The normalized spacial score (nSPS) is 14.6. The van der Waals surface area contributed by atoms with Crippen LogP contribution in [0.1, 0.15) is 31.0 Å². The van der Waals surface area contributed by atoms with Crippen LogP contribution in [0.4, 0.5) is 5.69 Å². The molecule has 12 heteroatoms. The Morgan fingerprint density at radius 3 is 2.53 bits per heavy atom. The van der Waals surface area contributed by atoms with E-state index >= 15 is 0 Å². The number of allylic oxidation sites excluding steroid dienone is 1. The van der Waals surface area contributed by atoms with E-state index in [4.69, 9.17) is 14.6 Å². The zero-order valence-corrected chi connectivity index (χ0v) is 25.4. The number of nitro benzene ring substituents is 1. The smallest absolute Gasteiger partial charge is 0.338 e. The van der Waals surface area contributed by atoms with E-state index in [1.165, 1.54) is 28.0 Å². The van der Waals surface area contributed by atoms with Gasteiger partial charge in [-0.05, 0) is 49.8 Å². The van der Waals surface area contributed by atoms with E-state index in [9.17, 15) is 19.7 Å². The number of rotatable bonds is 8. The Bertz CT molecular complexity index is 2150. The average molecular weight is 622 g/mol. The highest BCUT2D eigenvalue weighted by molar-refractivity contribution is 7.07. The highest BCUT2D eigenvalue weighted by atomic mass is 32.1. The fourth-order valence-corrected chi connectivity index (χ4v) is 6.27. The second kappa shape index (κ2) is 12.2. The number of ether oxygens (including phenoxy) is 2. The van der Waals surface area contributed by atoms with Gasteiger partial charge in [-0.15, -0.1) is 0 Å². The van der Waals surface area contributed by atoms with Crippen LogP contribution in [0.3, 0.4) is 0 Å². The summed E-state index contributed by atoms with van der Waals surface area (Å²) in [5, 5.41) is 16.3. The van der Waals surface area contributed by atoms with E-state index in [-0.39, 0.29) is 23.4 Å². The minimum atomic E-state index is -0.781. The zero-order valence-electron chi connectivity index (χ0n) is 24.5. The van der Waals surface area contributed by atoms with Crippen LogP contribution >= 0.6 is 11.3 Å². The SMILES string of the molecule is CCOC(=O)C1=C(C)N=c2s/c(=C/c3cn(-c4ccccc4)nc3-c3cccc([N+](=O)[O-])c3)c(=O)n2C1c1ccc(OC)cc1. The number of fused-ring (bicyclic) bond motifs is 1. The molecule has 0 amide bonds. The maximum absolute atomic E-state index is 14.2. The summed E-state index contributed by atoms with van der Waals surface area (Å²) in [7, 11) is 1.56. The third kappa shape index (κ3) is 5.58. The molecule has 3 heterocycles. The molecule has 1 aliphatic rings. The summed E-state index contributed by atoms with van der Waals surface area (Å²) in [5.41, 5.74) is 3.32. The van der Waals surface area contributed by atoms with Gasteiger partial charge in [0.25, 0.3) is 11.2 Å². The Morgan fingerprint density at radius 1 is 1.09 bits per heavy atom. The number of hydrogen-bond acceptors (Lipinski definition) is 9. The zero-order chi connectivity index (χ0) is 31.7. The third-order valence-corrected chi connectivity index (χ3v) is 8.31. The third-order valence-electron chi connectivity index (χ3n) is 7.33. The molecule has 0 fully saturated rings. The summed E-state index contributed by atoms with van der Waals surface area (Å²) in [6.45, 7) is 3.62. The molecule has 0 N–H and O–H groups in total. The molecule has 0 saturated heterocycles. The first-order valence-electron chi connectivity index (χ1n) is 14.0. The minimum absolute atomic E-state index is 0.0754. The summed E-state index contributed by atoms with van der Waals surface area (Å²) < 4.78 is 14.2. The monoisotopic (exact) mass is 621 g/mol. The van der Waals surface area contributed by atoms with Crippen molar-refractivity contribution in [2.24, 2.45) is 4.99 Å². The number of thiazole rings is 1. The molecule has 3 aromatic carbocycles. The van der Waals surface area contributed by atoms with Gasteiger partial charge in [-0.25, -0.2) is 14.5 Å². The van der Waals surface area contributed by atoms with Crippen molar-refractivity contribution in [2.45, 2.75) is 19.9 Å². The van der Waals surface area contributed by atoms with Gasteiger partial charge in [-0.2, -0.15) is 5.10 Å². The van der Waals surface area contributed by atoms with Crippen molar-refractivity contribution >= 4 is 29.1 Å². The fraction of sp³-hybridized carbons (Fsp3) is 0.152. The molecule has 0 spiro atoms. The summed E-state index contributed by atoms with van der Waals surface area (Å²) in [6, 6.07) is 22.0. The first-order valence-corrected chi connectivity index (χ1v) is 14.8. The van der Waals surface area contributed by atoms with Crippen molar-refractivity contribution in [2.75, 3.05) is 13.7 Å². The standard InChI is InChI=1S/C33H27N5O6S/c1-4-44-32(40)28-20(2)34-33-37(30(28)21-13-15-26(43-3)16-14-21)31(39)27(45-33)18-23-19-36(24-10-6-5-7-11-24)35-29(23)22-9-8-12-25(17-22)38(41)42/h5-19,30H,4H2,1-3H3/b27-18+. The average Bonchev–Trinajstić information content (AvgIpc) is 3.61. The molecule has 6 rings (SSSR count). The summed E-state index contributed by atoms with van der Waals surface area (Å²) >= 11 is 1.18. The Balaban J connectivity index is 1.56. The van der Waals surface area contributed by atoms with Crippen LogP contribution in [-0.2, 0) is 9.53 Å². The first-order chi connectivity index (χ1) is 21.8. The van der Waals surface area contributed by atoms with Gasteiger partial charge in [0.2, 0.25) is 0 Å². The lowest BCUT2D eigenvalue weighted by Crippen LogP contribution is -2.39. The molecule has 1 aliphatic heterocycles. The van der Waals surface area contributed by atoms with Crippen molar-refractivity contribution in [1.29, 1.82) is 0 Å². The fourth-order valence-electron chi connectivity index (χ4n) is 5.23. The van der Waals surface area contributed by atoms with E-state index in [1.807, 2.05) is 42.5 Å². The quantitative estimate of drug-likeness (QED) is 0.141. The lowest BCUT2D eigenvalue weighted by Gasteiger charge is -2.24. The minimum Gasteiger partial charge on any atom is -0.497 e. The second-order valence-corrected chi connectivity index (χ2v) is 11.1. The van der Waals surface area contributed by atoms with Gasteiger partial charge in [-0.1, -0.05) is 53.8 Å². The number of methoxy groups -OCH3 is 1. The van der Waals surface area contributed by atoms with Crippen LogP contribution in [0.5, 0.6) is 5.75 Å². The maximum Gasteiger partial charge on any atom is 0.338 e. The molecule has 2 aromatic heterocycles. The summed E-state index contributed by atoms with van der Waals surface area (Å²) in [4.78, 5) is 43.6. The van der Waals surface area contributed by atoms with Crippen molar-refractivity contribution in [3.63, 3.8) is 0 Å². The largest absolute Gasteiger partial charge is 0.497 e. The van der Waals surface area contributed by atoms with Gasteiger partial charge in [0.15, 0.2) is 4.80 Å².